The van der Waals surface area contributed by atoms with E-state index in [1.807, 2.05) is 34.1 Å². The van der Waals surface area contributed by atoms with Gasteiger partial charge in [0.15, 0.2) is 0 Å². The van der Waals surface area contributed by atoms with E-state index in [-0.39, 0.29) is 18.4 Å². The fourth-order valence-electron chi connectivity index (χ4n) is 2.89. The quantitative estimate of drug-likeness (QED) is 0.697. The molecular formula is C20H30N2O4. The highest BCUT2D eigenvalue weighted by molar-refractivity contribution is 5.94. The zero-order valence-electron chi connectivity index (χ0n) is 16.1. The molecule has 0 atom stereocenters. The van der Waals surface area contributed by atoms with E-state index >= 15 is 0 Å². The van der Waals surface area contributed by atoms with Crippen LogP contribution in [0.1, 0.15) is 37.6 Å². The normalized spacial score (nSPS) is 15.6. The number of hydrogen-bond acceptors (Lipinski definition) is 5. The lowest BCUT2D eigenvalue weighted by atomic mass is 10.2. The van der Waals surface area contributed by atoms with Crippen LogP contribution in [0.2, 0.25) is 0 Å². The Balaban J connectivity index is 1.93. The number of carbonyl (C=O) groups excluding carboxylic acids is 2. The maximum absolute atomic E-state index is 12.8. The third-order valence-corrected chi connectivity index (χ3v) is 4.20. The van der Waals surface area contributed by atoms with E-state index in [9.17, 15) is 9.59 Å². The molecule has 1 aromatic rings. The van der Waals surface area contributed by atoms with Crippen molar-refractivity contribution < 1.29 is 19.1 Å². The molecular weight excluding hydrogens is 332 g/mol. The molecule has 0 bridgehead atoms. The largest absolute Gasteiger partial charge is 0.493 e. The van der Waals surface area contributed by atoms with E-state index in [4.69, 9.17) is 9.47 Å². The van der Waals surface area contributed by atoms with Gasteiger partial charge in [0.2, 0.25) is 0 Å². The van der Waals surface area contributed by atoms with Gasteiger partial charge >= 0.3 is 5.97 Å². The summed E-state index contributed by atoms with van der Waals surface area (Å²) in [6.45, 7) is 10.1. The smallest absolute Gasteiger partial charge is 0.320 e. The Morgan fingerprint density at radius 2 is 1.96 bits per heavy atom. The van der Waals surface area contributed by atoms with E-state index in [2.05, 4.69) is 13.8 Å². The van der Waals surface area contributed by atoms with Gasteiger partial charge in [0.1, 0.15) is 5.75 Å². The number of carbonyl (C=O) groups is 2. The monoisotopic (exact) mass is 362 g/mol. The van der Waals surface area contributed by atoms with Crippen LogP contribution in [0.25, 0.3) is 0 Å². The first kappa shape index (κ1) is 20.2. The van der Waals surface area contributed by atoms with Crippen molar-refractivity contribution in [2.45, 2.75) is 27.2 Å². The second kappa shape index (κ2) is 10.2. The third kappa shape index (κ3) is 6.33. The SMILES string of the molecule is CCOC(=O)CN1CCCN(C(=O)c2cccc(OCC(C)C)c2)CC1. The molecule has 1 aromatic carbocycles. The van der Waals surface area contributed by atoms with Crippen molar-refractivity contribution in [2.24, 2.45) is 5.92 Å². The number of esters is 1. The van der Waals surface area contributed by atoms with Crippen molar-refractivity contribution in [2.75, 3.05) is 45.9 Å². The Labute approximate surface area is 156 Å². The lowest BCUT2D eigenvalue weighted by Crippen LogP contribution is -2.37. The van der Waals surface area contributed by atoms with Crippen molar-refractivity contribution in [1.29, 1.82) is 0 Å². The van der Waals surface area contributed by atoms with Crippen LogP contribution in [0.15, 0.2) is 24.3 Å². The van der Waals surface area contributed by atoms with E-state index in [1.165, 1.54) is 0 Å². The summed E-state index contributed by atoms with van der Waals surface area (Å²) in [5, 5.41) is 0. The predicted octanol–water partition coefficient (Wildman–Crippen LogP) is 2.43. The van der Waals surface area contributed by atoms with E-state index < -0.39 is 0 Å². The first-order valence-electron chi connectivity index (χ1n) is 9.39. The molecule has 1 heterocycles. The lowest BCUT2D eigenvalue weighted by molar-refractivity contribution is -0.144. The lowest BCUT2D eigenvalue weighted by Gasteiger charge is -2.22. The standard InChI is InChI=1S/C20H30N2O4/c1-4-25-19(23)14-21-9-6-10-22(12-11-21)20(24)17-7-5-8-18(13-17)26-15-16(2)3/h5,7-8,13,16H,4,6,9-12,14-15H2,1-3H3. The minimum absolute atomic E-state index is 0.0120. The molecule has 0 unspecified atom stereocenters. The molecule has 0 N–H and O–H groups in total. The van der Waals surface area contributed by atoms with Crippen LogP contribution >= 0.6 is 0 Å². The molecule has 1 aliphatic heterocycles. The molecule has 26 heavy (non-hydrogen) atoms. The van der Waals surface area contributed by atoms with Gasteiger partial charge in [-0.3, -0.25) is 14.5 Å². The molecule has 2 rings (SSSR count). The molecule has 144 valence electrons. The number of amides is 1. The number of hydrogen-bond donors (Lipinski definition) is 0. The highest BCUT2D eigenvalue weighted by Crippen LogP contribution is 2.17. The Kier molecular flexibility index (Phi) is 7.91. The maximum Gasteiger partial charge on any atom is 0.320 e. The van der Waals surface area contributed by atoms with Crippen LogP contribution < -0.4 is 4.74 Å². The summed E-state index contributed by atoms with van der Waals surface area (Å²) in [4.78, 5) is 28.4. The number of ether oxygens (including phenoxy) is 2. The fraction of sp³-hybridized carbons (Fsp3) is 0.600. The summed E-state index contributed by atoms with van der Waals surface area (Å²) in [5.74, 6) is 0.967. The topological polar surface area (TPSA) is 59.1 Å². The molecule has 0 spiro atoms. The molecule has 0 aliphatic carbocycles. The summed E-state index contributed by atoms with van der Waals surface area (Å²) < 4.78 is 10.7. The average Bonchev–Trinajstić information content (AvgIpc) is 2.85. The first-order valence-corrected chi connectivity index (χ1v) is 9.39. The van der Waals surface area contributed by atoms with E-state index in [0.717, 1.165) is 18.7 Å². The van der Waals surface area contributed by atoms with Gasteiger partial charge in [-0.2, -0.15) is 0 Å². The molecule has 1 amide bonds. The van der Waals surface area contributed by atoms with Gasteiger partial charge in [-0.15, -0.1) is 0 Å². The molecule has 6 heteroatoms. The van der Waals surface area contributed by atoms with Crippen molar-refractivity contribution in [3.63, 3.8) is 0 Å². The van der Waals surface area contributed by atoms with Gasteiger partial charge in [-0.25, -0.2) is 0 Å². The zero-order valence-corrected chi connectivity index (χ0v) is 16.1. The van der Waals surface area contributed by atoms with Crippen LogP contribution in [-0.4, -0.2) is 67.6 Å². The van der Waals surface area contributed by atoms with Crippen LogP contribution in [0.5, 0.6) is 5.75 Å². The van der Waals surface area contributed by atoms with Gasteiger partial charge in [-0.1, -0.05) is 19.9 Å². The number of rotatable bonds is 7. The van der Waals surface area contributed by atoms with E-state index in [1.54, 1.807) is 6.92 Å². The van der Waals surface area contributed by atoms with Crippen LogP contribution in [0.3, 0.4) is 0 Å². The summed E-state index contributed by atoms with van der Waals surface area (Å²) in [6.07, 6.45) is 0.842. The van der Waals surface area contributed by atoms with Crippen molar-refractivity contribution in [3.8, 4) is 5.75 Å². The van der Waals surface area contributed by atoms with Gasteiger partial charge in [0.05, 0.1) is 19.8 Å². The minimum Gasteiger partial charge on any atom is -0.493 e. The van der Waals surface area contributed by atoms with Crippen LogP contribution in [-0.2, 0) is 9.53 Å². The average molecular weight is 362 g/mol. The van der Waals surface area contributed by atoms with E-state index in [0.29, 0.717) is 44.3 Å². The van der Waals surface area contributed by atoms with Gasteiger partial charge in [0.25, 0.3) is 5.91 Å². The van der Waals surface area contributed by atoms with Crippen molar-refractivity contribution in [3.05, 3.63) is 29.8 Å². The molecule has 1 saturated heterocycles. The maximum atomic E-state index is 12.8. The Bertz CT molecular complexity index is 603. The molecule has 0 saturated carbocycles. The van der Waals surface area contributed by atoms with Crippen LogP contribution in [0.4, 0.5) is 0 Å². The predicted molar refractivity (Wildman–Crippen MR) is 100 cm³/mol. The minimum atomic E-state index is -0.206. The van der Waals surface area contributed by atoms with Crippen molar-refractivity contribution >= 4 is 11.9 Å². The fourth-order valence-corrected chi connectivity index (χ4v) is 2.89. The van der Waals surface area contributed by atoms with Gasteiger partial charge < -0.3 is 14.4 Å². The molecule has 0 aromatic heterocycles. The summed E-state index contributed by atoms with van der Waals surface area (Å²) in [5.41, 5.74) is 0.644. The van der Waals surface area contributed by atoms with Gasteiger partial charge in [0, 0.05) is 31.7 Å². The Morgan fingerprint density at radius 1 is 1.15 bits per heavy atom. The highest BCUT2D eigenvalue weighted by atomic mass is 16.5. The summed E-state index contributed by atoms with van der Waals surface area (Å²) >= 11 is 0. The van der Waals surface area contributed by atoms with Gasteiger partial charge in [-0.05, 0) is 37.5 Å². The second-order valence-electron chi connectivity index (χ2n) is 6.96. The molecule has 1 fully saturated rings. The molecule has 0 radical (unpaired) electrons. The van der Waals surface area contributed by atoms with Crippen molar-refractivity contribution in [1.82, 2.24) is 9.80 Å². The summed E-state index contributed by atoms with van der Waals surface area (Å²) in [7, 11) is 0. The first-order chi connectivity index (χ1) is 12.5. The van der Waals surface area contributed by atoms with Crippen LogP contribution in [0, 0.1) is 5.92 Å². The molecule has 6 nitrogen and oxygen atoms in total. The molecule has 1 aliphatic rings. The Hall–Kier alpha value is -2.08. The summed E-state index contributed by atoms with van der Waals surface area (Å²) in [6, 6.07) is 7.37. The second-order valence-corrected chi connectivity index (χ2v) is 6.96. The zero-order chi connectivity index (χ0) is 18.9. The highest BCUT2D eigenvalue weighted by Gasteiger charge is 2.22. The third-order valence-electron chi connectivity index (χ3n) is 4.20. The number of benzene rings is 1. The Morgan fingerprint density at radius 3 is 2.69 bits per heavy atom. The number of nitrogens with zero attached hydrogens (tertiary/aromatic N) is 2.